The average Bonchev–Trinajstić information content (AvgIpc) is 3.36. The monoisotopic (exact) mass is 282 g/mol. The zero-order chi connectivity index (χ0) is 14.5. The summed E-state index contributed by atoms with van der Waals surface area (Å²) in [6.07, 6.45) is 3.59. The van der Waals surface area contributed by atoms with Crippen molar-refractivity contribution in [3.8, 4) is 5.75 Å². The zero-order valence-electron chi connectivity index (χ0n) is 12.5. The molecule has 1 saturated carbocycles. The van der Waals surface area contributed by atoms with Crippen LogP contribution in [0.2, 0.25) is 0 Å². The fraction of sp³-hybridized carbons (Fsp3) is 0.389. The highest BCUT2D eigenvalue weighted by Crippen LogP contribution is 2.20. The van der Waals surface area contributed by atoms with E-state index in [2.05, 4.69) is 35.4 Å². The summed E-state index contributed by atoms with van der Waals surface area (Å²) < 4.78 is 5.92. The molecule has 1 N–H and O–H groups in total. The second kappa shape index (κ2) is 6.72. The standard InChI is InChI=1S/C18H22N2O/c1-2-14-6-3-4-9-18(14)21-13-17-8-5-7-16(20-17)12-19-15-10-11-15/h3-9,15,19H,2,10-13H2,1H3. The highest BCUT2D eigenvalue weighted by Gasteiger charge is 2.20. The molecule has 1 aliphatic carbocycles. The molecule has 0 bridgehead atoms. The van der Waals surface area contributed by atoms with Crippen LogP contribution >= 0.6 is 0 Å². The fourth-order valence-electron chi connectivity index (χ4n) is 2.33. The smallest absolute Gasteiger partial charge is 0.130 e. The van der Waals surface area contributed by atoms with Crippen molar-refractivity contribution in [1.82, 2.24) is 10.3 Å². The van der Waals surface area contributed by atoms with Gasteiger partial charge in [-0.2, -0.15) is 0 Å². The third-order valence-corrected chi connectivity index (χ3v) is 3.74. The number of hydrogen-bond donors (Lipinski definition) is 1. The number of ether oxygens (including phenoxy) is 1. The van der Waals surface area contributed by atoms with E-state index in [1.807, 2.05) is 24.3 Å². The first-order chi connectivity index (χ1) is 10.3. The maximum Gasteiger partial charge on any atom is 0.130 e. The van der Waals surface area contributed by atoms with E-state index >= 15 is 0 Å². The minimum Gasteiger partial charge on any atom is -0.487 e. The SMILES string of the molecule is CCc1ccccc1OCc1cccc(CNC2CC2)n1. The number of nitrogens with one attached hydrogen (secondary N) is 1. The van der Waals surface area contributed by atoms with Gasteiger partial charge in [-0.1, -0.05) is 31.2 Å². The Morgan fingerprint density at radius 2 is 1.90 bits per heavy atom. The van der Waals surface area contributed by atoms with Crippen molar-refractivity contribution in [2.24, 2.45) is 0 Å². The molecule has 0 spiro atoms. The molecule has 0 radical (unpaired) electrons. The third kappa shape index (κ3) is 4.05. The Morgan fingerprint density at radius 3 is 2.71 bits per heavy atom. The molecule has 110 valence electrons. The Labute approximate surface area is 126 Å². The van der Waals surface area contributed by atoms with Crippen molar-refractivity contribution in [3.05, 3.63) is 59.4 Å². The van der Waals surface area contributed by atoms with Crippen molar-refractivity contribution in [2.45, 2.75) is 45.4 Å². The molecule has 3 nitrogen and oxygen atoms in total. The largest absolute Gasteiger partial charge is 0.487 e. The van der Waals surface area contributed by atoms with Crippen molar-refractivity contribution >= 4 is 0 Å². The molecule has 3 heteroatoms. The molecule has 0 atom stereocenters. The van der Waals surface area contributed by atoms with E-state index in [-0.39, 0.29) is 0 Å². The van der Waals surface area contributed by atoms with Crippen LogP contribution in [-0.4, -0.2) is 11.0 Å². The summed E-state index contributed by atoms with van der Waals surface area (Å²) in [4.78, 5) is 4.66. The first kappa shape index (κ1) is 14.1. The predicted octanol–water partition coefficient (Wildman–Crippen LogP) is 3.48. The quantitative estimate of drug-likeness (QED) is 0.844. The Bertz CT molecular complexity index is 593. The molecule has 0 amide bonds. The molecule has 1 aliphatic rings. The number of nitrogens with zero attached hydrogens (tertiary/aromatic N) is 1. The molecule has 1 aromatic carbocycles. The van der Waals surface area contributed by atoms with Gasteiger partial charge in [-0.25, -0.2) is 0 Å². The number of pyridine rings is 1. The molecule has 2 aromatic rings. The van der Waals surface area contributed by atoms with Gasteiger partial charge in [0.05, 0.1) is 11.4 Å². The summed E-state index contributed by atoms with van der Waals surface area (Å²) in [5.74, 6) is 0.961. The fourth-order valence-corrected chi connectivity index (χ4v) is 2.33. The first-order valence-corrected chi connectivity index (χ1v) is 7.74. The van der Waals surface area contributed by atoms with Gasteiger partial charge in [-0.05, 0) is 43.0 Å². The average molecular weight is 282 g/mol. The van der Waals surface area contributed by atoms with Gasteiger partial charge in [0.15, 0.2) is 0 Å². The van der Waals surface area contributed by atoms with E-state index in [0.717, 1.165) is 30.1 Å². The van der Waals surface area contributed by atoms with E-state index in [9.17, 15) is 0 Å². The van der Waals surface area contributed by atoms with Crippen LogP contribution in [0.3, 0.4) is 0 Å². The van der Waals surface area contributed by atoms with Gasteiger partial charge in [0.25, 0.3) is 0 Å². The predicted molar refractivity (Wildman–Crippen MR) is 84.3 cm³/mol. The van der Waals surface area contributed by atoms with Gasteiger partial charge >= 0.3 is 0 Å². The minimum atomic E-state index is 0.522. The van der Waals surface area contributed by atoms with Crippen molar-refractivity contribution in [2.75, 3.05) is 0 Å². The number of aryl methyl sites for hydroxylation is 1. The topological polar surface area (TPSA) is 34.1 Å². The van der Waals surface area contributed by atoms with Crippen LogP contribution in [-0.2, 0) is 19.6 Å². The van der Waals surface area contributed by atoms with E-state index in [1.165, 1.54) is 18.4 Å². The van der Waals surface area contributed by atoms with Gasteiger partial charge in [0.2, 0.25) is 0 Å². The number of para-hydroxylation sites is 1. The molecule has 0 saturated heterocycles. The van der Waals surface area contributed by atoms with Crippen molar-refractivity contribution < 1.29 is 4.74 Å². The van der Waals surface area contributed by atoms with E-state index in [0.29, 0.717) is 12.6 Å². The van der Waals surface area contributed by atoms with Gasteiger partial charge in [-0.3, -0.25) is 4.98 Å². The number of rotatable bonds is 7. The number of aromatic nitrogens is 1. The second-order valence-corrected chi connectivity index (χ2v) is 5.53. The summed E-state index contributed by atoms with van der Waals surface area (Å²) >= 11 is 0. The van der Waals surface area contributed by atoms with Crippen LogP contribution in [0, 0.1) is 0 Å². The number of benzene rings is 1. The Kier molecular flexibility index (Phi) is 4.51. The van der Waals surface area contributed by atoms with E-state index < -0.39 is 0 Å². The normalized spacial score (nSPS) is 14.1. The maximum absolute atomic E-state index is 5.92. The lowest BCUT2D eigenvalue weighted by Crippen LogP contribution is -2.16. The van der Waals surface area contributed by atoms with Crippen LogP contribution in [0.15, 0.2) is 42.5 Å². The second-order valence-electron chi connectivity index (χ2n) is 5.53. The molecule has 0 aliphatic heterocycles. The Morgan fingerprint density at radius 1 is 1.10 bits per heavy atom. The van der Waals surface area contributed by atoms with Crippen LogP contribution < -0.4 is 10.1 Å². The zero-order valence-corrected chi connectivity index (χ0v) is 12.5. The summed E-state index contributed by atoms with van der Waals surface area (Å²) in [6, 6.07) is 15.1. The lowest BCUT2D eigenvalue weighted by atomic mass is 10.1. The summed E-state index contributed by atoms with van der Waals surface area (Å²) in [6.45, 7) is 3.52. The molecule has 1 fully saturated rings. The molecule has 3 rings (SSSR count). The van der Waals surface area contributed by atoms with E-state index in [1.54, 1.807) is 0 Å². The molecule has 21 heavy (non-hydrogen) atoms. The lowest BCUT2D eigenvalue weighted by molar-refractivity contribution is 0.298. The van der Waals surface area contributed by atoms with Gasteiger partial charge < -0.3 is 10.1 Å². The minimum absolute atomic E-state index is 0.522. The van der Waals surface area contributed by atoms with Crippen LogP contribution in [0.1, 0.15) is 36.7 Å². The highest BCUT2D eigenvalue weighted by atomic mass is 16.5. The number of hydrogen-bond acceptors (Lipinski definition) is 3. The van der Waals surface area contributed by atoms with E-state index in [4.69, 9.17) is 4.74 Å². The lowest BCUT2D eigenvalue weighted by Gasteiger charge is -2.10. The summed E-state index contributed by atoms with van der Waals surface area (Å²) in [5.41, 5.74) is 3.31. The molecular formula is C18H22N2O. The Hall–Kier alpha value is -1.87. The summed E-state index contributed by atoms with van der Waals surface area (Å²) in [7, 11) is 0. The maximum atomic E-state index is 5.92. The van der Waals surface area contributed by atoms with Gasteiger partial charge in [-0.15, -0.1) is 0 Å². The molecule has 1 aromatic heterocycles. The third-order valence-electron chi connectivity index (χ3n) is 3.74. The van der Waals surface area contributed by atoms with Gasteiger partial charge in [0.1, 0.15) is 12.4 Å². The van der Waals surface area contributed by atoms with Gasteiger partial charge in [0, 0.05) is 12.6 Å². The van der Waals surface area contributed by atoms with Crippen molar-refractivity contribution in [1.29, 1.82) is 0 Å². The van der Waals surface area contributed by atoms with Crippen LogP contribution in [0.5, 0.6) is 5.75 Å². The Balaban J connectivity index is 1.60. The van der Waals surface area contributed by atoms with Crippen LogP contribution in [0.25, 0.3) is 0 Å². The first-order valence-electron chi connectivity index (χ1n) is 7.74. The van der Waals surface area contributed by atoms with Crippen molar-refractivity contribution in [3.63, 3.8) is 0 Å². The molecule has 1 heterocycles. The highest BCUT2D eigenvalue weighted by molar-refractivity contribution is 5.33. The molecule has 0 unspecified atom stereocenters. The summed E-state index contributed by atoms with van der Waals surface area (Å²) in [5, 5.41) is 3.49. The van der Waals surface area contributed by atoms with Crippen LogP contribution in [0.4, 0.5) is 0 Å². The molecular weight excluding hydrogens is 260 g/mol.